The van der Waals surface area contributed by atoms with Gasteiger partial charge in [0.1, 0.15) is 5.37 Å². The van der Waals surface area contributed by atoms with Crippen molar-refractivity contribution in [2.45, 2.75) is 11.9 Å². The maximum Gasteiger partial charge on any atom is 2.00 e. The fourth-order valence-electron chi connectivity index (χ4n) is 4.72. The van der Waals surface area contributed by atoms with E-state index in [-0.39, 0.29) is 50.9 Å². The van der Waals surface area contributed by atoms with Crippen LogP contribution in [0.25, 0.3) is 5.69 Å². The Morgan fingerprint density at radius 3 is 1.56 bits per heavy atom. The van der Waals surface area contributed by atoms with Crippen molar-refractivity contribution in [3.8, 4) is 5.69 Å². The average molecular weight is 643 g/mol. The Labute approximate surface area is 272 Å². The van der Waals surface area contributed by atoms with Crippen molar-refractivity contribution in [2.24, 2.45) is 0 Å². The number of para-hydroxylation sites is 1. The van der Waals surface area contributed by atoms with Crippen molar-refractivity contribution in [2.75, 3.05) is 6.26 Å². The Morgan fingerprint density at radius 1 is 0.634 bits per heavy atom. The number of benzene rings is 1. The zero-order valence-corrected chi connectivity index (χ0v) is 25.4. The van der Waals surface area contributed by atoms with Crippen molar-refractivity contribution in [3.63, 3.8) is 0 Å². The molecule has 1 aromatic heterocycles. The number of hydrogen-bond donors (Lipinski definition) is 0. The molecule has 41 heavy (non-hydrogen) atoms. The minimum Gasteiger partial charge on any atom is -0.245 e. The Kier molecular flexibility index (Phi) is 14.7. The first kappa shape index (κ1) is 34.6. The first-order chi connectivity index (χ1) is 19.2. The summed E-state index contributed by atoms with van der Waals surface area (Å²) < 4.78 is 4.44. The quantitative estimate of drug-likeness (QED) is 0.450. The molecule has 5 aliphatic rings. The van der Waals surface area contributed by atoms with E-state index in [2.05, 4.69) is 25.7 Å². The van der Waals surface area contributed by atoms with Gasteiger partial charge in [0.2, 0.25) is 0 Å². The predicted molar refractivity (Wildman–Crippen MR) is 158 cm³/mol. The molecular weight excluding hydrogens is 614 g/mol. The molecule has 0 saturated heterocycles. The second-order valence-corrected chi connectivity index (χ2v) is 9.81. The molecule has 1 unspecified atom stereocenters. The van der Waals surface area contributed by atoms with Gasteiger partial charge in [-0.2, -0.15) is 0 Å². The van der Waals surface area contributed by atoms with Crippen LogP contribution in [0.15, 0.2) is 51.1 Å². The molecule has 20 radical (unpaired) electrons. The van der Waals surface area contributed by atoms with Gasteiger partial charge in [-0.15, -0.1) is 11.8 Å². The molecule has 0 amide bonds. The minimum absolute atomic E-state index is 0. The van der Waals surface area contributed by atoms with E-state index in [0.717, 1.165) is 23.0 Å². The molecule has 8 heteroatoms. The maximum atomic E-state index is 13.4. The topological polar surface area (TPSA) is 48.9 Å². The van der Waals surface area contributed by atoms with Gasteiger partial charge in [-0.05, 0) is 145 Å². The van der Waals surface area contributed by atoms with Crippen LogP contribution in [0, 0.1) is 127 Å². The Balaban J connectivity index is 0.000000325. The number of aromatic nitrogens is 3. The molecule has 7 rings (SSSR count). The van der Waals surface area contributed by atoms with Crippen LogP contribution in [0.3, 0.4) is 0 Å². The molecule has 5 nitrogen and oxygen atoms in total. The SMILES string of the molecule is CSC1C([C]2[CH][CH][CH][CH]2)=C([C]2[CH][CH][CH][CH]2)Cn2c(=O)n(-c3ccccc3)c(=O)n21.[CH]1[CH][CH][CH][CH]1.[CH]1[CH][CH][CH][CH]1.[Fe+2].[Fe+2]. The second-order valence-electron chi connectivity index (χ2n) is 8.89. The van der Waals surface area contributed by atoms with Crippen LogP contribution in [0.1, 0.15) is 5.37 Å². The molecule has 0 N–H and O–H groups in total. The first-order valence-corrected chi connectivity index (χ1v) is 14.0. The Bertz CT molecular complexity index is 1170. The largest absolute Gasteiger partial charge is 2.00 e. The third-order valence-electron chi connectivity index (χ3n) is 6.50. The molecular formula is C33H29Fe2N3O2S+4. The van der Waals surface area contributed by atoms with Crippen molar-refractivity contribution in [1.82, 2.24) is 13.9 Å². The maximum absolute atomic E-state index is 13.4. The van der Waals surface area contributed by atoms with Crippen molar-refractivity contribution >= 4 is 11.8 Å². The number of nitrogens with zero attached hydrogens (tertiary/aromatic N) is 3. The third-order valence-corrected chi connectivity index (χ3v) is 7.38. The van der Waals surface area contributed by atoms with Gasteiger partial charge >= 0.3 is 45.5 Å². The van der Waals surface area contributed by atoms with E-state index in [4.69, 9.17) is 0 Å². The van der Waals surface area contributed by atoms with E-state index >= 15 is 0 Å². The van der Waals surface area contributed by atoms with Crippen molar-refractivity contribution in [3.05, 3.63) is 190 Å². The smallest absolute Gasteiger partial charge is 0.245 e. The van der Waals surface area contributed by atoms with Gasteiger partial charge in [0.05, 0.1) is 12.2 Å². The van der Waals surface area contributed by atoms with Gasteiger partial charge in [0, 0.05) is 11.8 Å². The summed E-state index contributed by atoms with van der Waals surface area (Å²) in [6.07, 6.45) is 38.2. The summed E-state index contributed by atoms with van der Waals surface area (Å²) >= 11 is 1.56. The zero-order valence-electron chi connectivity index (χ0n) is 22.3. The number of rotatable bonds is 4. The van der Waals surface area contributed by atoms with E-state index in [1.807, 2.05) is 114 Å². The molecule has 206 valence electrons. The summed E-state index contributed by atoms with van der Waals surface area (Å²) in [6, 6.07) is 9.10. The van der Waals surface area contributed by atoms with Crippen LogP contribution in [-0.2, 0) is 40.7 Å². The van der Waals surface area contributed by atoms with Gasteiger partial charge in [-0.3, -0.25) is 0 Å². The zero-order chi connectivity index (χ0) is 27.0. The summed E-state index contributed by atoms with van der Waals surface area (Å²) in [7, 11) is 0. The molecule has 2 heterocycles. The summed E-state index contributed by atoms with van der Waals surface area (Å²) in [5.74, 6) is 2.16. The number of thioether (sulfide) groups is 1. The molecule has 1 aliphatic heterocycles. The van der Waals surface area contributed by atoms with E-state index in [0.29, 0.717) is 12.2 Å². The first-order valence-electron chi connectivity index (χ1n) is 12.7. The minimum atomic E-state index is -0.314. The van der Waals surface area contributed by atoms with Crippen LogP contribution in [0.5, 0.6) is 0 Å². The fraction of sp³-hybridized carbons (Fsp3) is 0.0909. The average Bonchev–Trinajstić information content (AvgIpc) is 3.82. The molecule has 2 aromatic rings. The monoisotopic (exact) mass is 643 g/mol. The van der Waals surface area contributed by atoms with Crippen LogP contribution < -0.4 is 11.4 Å². The van der Waals surface area contributed by atoms with Crippen molar-refractivity contribution in [1.29, 1.82) is 0 Å². The van der Waals surface area contributed by atoms with Gasteiger partial charge in [0.15, 0.2) is 0 Å². The van der Waals surface area contributed by atoms with Crippen LogP contribution >= 0.6 is 11.8 Å². The number of allylic oxidation sites excluding steroid dienone is 1. The van der Waals surface area contributed by atoms with Gasteiger partial charge in [-0.25, -0.2) is 23.5 Å². The summed E-state index contributed by atoms with van der Waals surface area (Å²) in [4.78, 5) is 26.7. The third kappa shape index (κ3) is 8.18. The summed E-state index contributed by atoms with van der Waals surface area (Å²) in [5.41, 5.74) is 2.12. The number of fused-ring (bicyclic) bond motifs is 1. The van der Waals surface area contributed by atoms with E-state index in [1.165, 1.54) is 4.57 Å². The van der Waals surface area contributed by atoms with Gasteiger partial charge in [0.25, 0.3) is 0 Å². The molecule has 4 saturated carbocycles. The fourth-order valence-corrected chi connectivity index (χ4v) is 5.64. The van der Waals surface area contributed by atoms with Crippen molar-refractivity contribution < 1.29 is 34.1 Å². The molecule has 4 fully saturated rings. The molecule has 0 bridgehead atoms. The second kappa shape index (κ2) is 17.4. The normalized spacial score (nSPS) is 22.2. The van der Waals surface area contributed by atoms with Gasteiger partial charge < -0.3 is 0 Å². The Hall–Kier alpha value is -0.911. The van der Waals surface area contributed by atoms with E-state index in [9.17, 15) is 9.59 Å². The predicted octanol–water partition coefficient (Wildman–Crippen LogP) is 4.82. The van der Waals surface area contributed by atoms with Crippen LogP contribution in [0.4, 0.5) is 0 Å². The number of hydrogen-bond acceptors (Lipinski definition) is 3. The molecule has 0 spiro atoms. The Morgan fingerprint density at radius 2 is 1.10 bits per heavy atom. The molecule has 4 aliphatic carbocycles. The summed E-state index contributed by atoms with van der Waals surface area (Å²) in [6.45, 7) is 0.357. The molecule has 1 aromatic carbocycles. The van der Waals surface area contributed by atoms with Crippen LogP contribution in [-0.4, -0.2) is 20.2 Å². The standard InChI is InChI=1S/C23H19N3O2S.2C5H5.2Fe/c1-29-21-20(17-11-7-8-12-17)19(16-9-5-6-10-16)15-24-22(27)25(23(28)26(21)24)18-13-3-2-4-14-18;2*1-2-4-5-3-1;;/h2-14,21H,15H2,1H3;2*1-5H;;/q;;;2*+2. The summed E-state index contributed by atoms with van der Waals surface area (Å²) in [5, 5.41) is -0.291. The molecule has 1 atom stereocenters. The van der Waals surface area contributed by atoms with Crippen LogP contribution in [0.2, 0.25) is 0 Å². The van der Waals surface area contributed by atoms with E-state index < -0.39 is 0 Å². The van der Waals surface area contributed by atoms with Gasteiger partial charge in [-0.1, -0.05) is 18.2 Å². The van der Waals surface area contributed by atoms with E-state index in [1.54, 1.807) is 33.3 Å².